The average Bonchev–Trinajstić information content (AvgIpc) is 1.49. The molecule has 0 radical (unpaired) electrons. The fourth-order valence-corrected chi connectivity index (χ4v) is 14.7. The highest BCUT2D eigenvalue weighted by molar-refractivity contribution is 6.03. The molecule has 0 aliphatic carbocycles. The third kappa shape index (κ3) is 16.8. The minimum atomic E-state index is -1.29. The van der Waals surface area contributed by atoms with Gasteiger partial charge in [0.05, 0.1) is 11.1 Å². The van der Waals surface area contributed by atoms with Gasteiger partial charge in [-0.25, -0.2) is 29.5 Å². The van der Waals surface area contributed by atoms with E-state index in [2.05, 4.69) is 41.2 Å². The molecule has 0 unspecified atom stereocenters. The van der Waals surface area contributed by atoms with Gasteiger partial charge in [-0.15, -0.1) is 0 Å². The largest absolute Gasteiger partial charge is 0.456 e. The Balaban J connectivity index is 0.000000181. The summed E-state index contributed by atoms with van der Waals surface area (Å²) in [7, 11) is 15.7. The summed E-state index contributed by atoms with van der Waals surface area (Å²) in [5.74, 6) is 4.08. The highest BCUT2D eigenvalue weighted by Gasteiger charge is 2.56. The Morgan fingerprint density at radius 3 is 1.17 bits per heavy atom. The summed E-state index contributed by atoms with van der Waals surface area (Å²) < 4.78 is 35.3. The summed E-state index contributed by atoms with van der Waals surface area (Å²) in [6.45, 7) is 13.5. The van der Waals surface area contributed by atoms with E-state index in [0.717, 1.165) is 119 Å². The SMILES string of the molecule is CCOCC.CCOCC.CN(C)c1ccc2c(c1)Oc1cc(N(C)C)ccc1C21OC(=O)c2cc(C(=O)NCCCCNc3cc(N)nc(-c4cccc5[nH]ccc45)n3)ccc21.CN(C)c1ccc2c(c1)Oc1cc(N(C)C)ccc1C21OC(=O)c2ccc(C(=O)NCCCCNc3cc(N)nc(-c4cccc5[nH]ccc45)n3)cc21. The van der Waals surface area contributed by atoms with Gasteiger partial charge < -0.3 is 90.7 Å². The van der Waals surface area contributed by atoms with Gasteiger partial charge in [-0.05, 0) is 157 Å². The van der Waals surface area contributed by atoms with Gasteiger partial charge in [-0.3, -0.25) is 9.59 Å². The molecular weight excluding hydrogens is 1470 g/mol. The van der Waals surface area contributed by atoms with Crippen LogP contribution >= 0.6 is 0 Å². The number of nitrogens with zero attached hydrogens (tertiary/aromatic N) is 8. The average molecular weight is 1570 g/mol. The Morgan fingerprint density at radius 2 is 0.776 bits per heavy atom. The number of carbonyl (C=O) groups excluding carboxylic acids is 4. The van der Waals surface area contributed by atoms with Crippen LogP contribution < -0.4 is 61.8 Å². The van der Waals surface area contributed by atoms with Gasteiger partial charge in [-0.1, -0.05) is 30.3 Å². The van der Waals surface area contributed by atoms with Crippen molar-refractivity contribution < 1.29 is 47.6 Å². The van der Waals surface area contributed by atoms with Crippen LogP contribution in [-0.2, 0) is 30.1 Å². The van der Waals surface area contributed by atoms with Crippen LogP contribution in [0.2, 0.25) is 0 Å². The van der Waals surface area contributed by atoms with Gasteiger partial charge in [0, 0.05) is 258 Å². The van der Waals surface area contributed by atoms with Crippen LogP contribution in [0.25, 0.3) is 44.6 Å². The Labute approximate surface area is 675 Å². The molecule has 0 saturated heterocycles. The van der Waals surface area contributed by atoms with Gasteiger partial charge in [0.2, 0.25) is 0 Å². The van der Waals surface area contributed by atoms with Crippen LogP contribution in [-0.4, -0.2) is 163 Å². The number of fused-ring (bicyclic) bond motifs is 14. The van der Waals surface area contributed by atoms with Crippen LogP contribution in [0.3, 0.4) is 0 Å². The fourth-order valence-electron chi connectivity index (χ4n) is 14.7. The second-order valence-corrected chi connectivity index (χ2v) is 29.0. The Hall–Kier alpha value is -13.2. The monoisotopic (exact) mass is 1560 g/mol. The van der Waals surface area contributed by atoms with E-state index < -0.39 is 23.1 Å². The smallest absolute Gasteiger partial charge is 0.340 e. The summed E-state index contributed by atoms with van der Waals surface area (Å²) >= 11 is 0. The van der Waals surface area contributed by atoms with E-state index in [0.29, 0.717) is 129 Å². The predicted molar refractivity (Wildman–Crippen MR) is 459 cm³/mol. The molecule has 8 heterocycles. The molecule has 0 saturated carbocycles. The van der Waals surface area contributed by atoms with E-state index in [4.69, 9.17) is 49.9 Å². The van der Waals surface area contributed by atoms with Gasteiger partial charge in [0.25, 0.3) is 11.8 Å². The third-order valence-electron chi connectivity index (χ3n) is 20.5. The fraction of sp³-hybridized carbons (Fsp3) is 0.289. The second-order valence-electron chi connectivity index (χ2n) is 29.0. The van der Waals surface area contributed by atoms with E-state index in [-0.39, 0.29) is 11.8 Å². The lowest BCUT2D eigenvalue weighted by Crippen LogP contribution is -2.33. The molecule has 4 aliphatic rings. The molecule has 600 valence electrons. The zero-order valence-corrected chi connectivity index (χ0v) is 67.6. The van der Waals surface area contributed by atoms with Gasteiger partial charge in [0.15, 0.2) is 22.9 Å². The molecule has 116 heavy (non-hydrogen) atoms. The number of aromatic amines is 2. The first-order chi connectivity index (χ1) is 56.1. The number of aromatic nitrogens is 6. The number of nitrogens with one attached hydrogen (secondary N) is 6. The number of ether oxygens (including phenoxy) is 6. The summed E-state index contributed by atoms with van der Waals surface area (Å²) in [6.07, 6.45) is 6.78. The van der Waals surface area contributed by atoms with Crippen LogP contribution in [0.15, 0.2) is 182 Å². The number of anilines is 8. The number of amides is 2. The second kappa shape index (κ2) is 35.5. The summed E-state index contributed by atoms with van der Waals surface area (Å²) in [5.41, 5.74) is 23.1. The van der Waals surface area contributed by atoms with Gasteiger partial charge >= 0.3 is 11.9 Å². The molecule has 4 aliphatic heterocycles. The number of hydrogen-bond donors (Lipinski definition) is 8. The number of rotatable bonds is 24. The molecule has 26 heteroatoms. The number of nitrogens with two attached hydrogens (primary N) is 2. The zero-order chi connectivity index (χ0) is 82.0. The number of unbranched alkanes of at least 4 members (excludes halogenated alkanes) is 2. The van der Waals surface area contributed by atoms with Crippen molar-refractivity contribution in [3.05, 3.63) is 238 Å². The Morgan fingerprint density at radius 1 is 0.405 bits per heavy atom. The minimum Gasteiger partial charge on any atom is -0.456 e. The van der Waals surface area contributed by atoms with Crippen molar-refractivity contribution in [2.24, 2.45) is 0 Å². The van der Waals surface area contributed by atoms with Crippen molar-refractivity contribution in [2.45, 2.75) is 64.6 Å². The van der Waals surface area contributed by atoms with Crippen molar-refractivity contribution in [3.8, 4) is 45.8 Å². The molecule has 2 spiro atoms. The molecule has 26 nitrogen and oxygen atoms in total. The number of hydrogen-bond acceptors (Lipinski definition) is 22. The molecule has 0 bridgehead atoms. The van der Waals surface area contributed by atoms with E-state index in [1.807, 2.05) is 243 Å². The summed E-state index contributed by atoms with van der Waals surface area (Å²) in [5, 5.41) is 14.8. The highest BCUT2D eigenvalue weighted by atomic mass is 16.6. The molecule has 2 amide bonds. The van der Waals surface area contributed by atoms with Crippen molar-refractivity contribution in [1.29, 1.82) is 0 Å². The first-order valence-electron chi connectivity index (χ1n) is 39.1. The number of H-pyrrole nitrogens is 2. The number of benzene rings is 8. The summed E-state index contributed by atoms with van der Waals surface area (Å²) in [6, 6.07) is 53.2. The van der Waals surface area contributed by atoms with Crippen molar-refractivity contribution in [3.63, 3.8) is 0 Å². The lowest BCUT2D eigenvalue weighted by atomic mass is 9.77. The molecule has 10 N–H and O–H groups in total. The van der Waals surface area contributed by atoms with E-state index in [1.54, 1.807) is 42.5 Å². The molecule has 0 fully saturated rings. The molecule has 4 aromatic heterocycles. The van der Waals surface area contributed by atoms with Crippen molar-refractivity contribution >= 4 is 91.6 Å². The maximum atomic E-state index is 13.7. The van der Waals surface area contributed by atoms with E-state index >= 15 is 0 Å². The third-order valence-corrected chi connectivity index (χ3v) is 20.5. The molecule has 8 aromatic carbocycles. The molecule has 16 rings (SSSR count). The predicted octanol–water partition coefficient (Wildman–Crippen LogP) is 15.1. The lowest BCUT2D eigenvalue weighted by Gasteiger charge is -2.37. The number of nitrogen functional groups attached to an aromatic ring is 2. The number of carbonyl (C=O) groups is 4. The number of esters is 2. The van der Waals surface area contributed by atoms with Crippen molar-refractivity contribution in [2.75, 3.05) is 151 Å². The van der Waals surface area contributed by atoms with E-state index in [9.17, 15) is 19.2 Å². The van der Waals surface area contributed by atoms with Crippen LogP contribution in [0.1, 0.15) is 128 Å². The first kappa shape index (κ1) is 80.8. The standard InChI is InChI=1S/2C41H40N8O4.2C4H10O/c1-48(2)25-11-14-31-34(21-25)52-35-22-26(49(3)4)12-15-32(35)41(31)30-13-10-24(20-29(30)40(51)53-41)39(50)45-18-6-5-17-44-37-23-36(42)46-38(47-37)28-8-7-9-33-27(28)16-19-43-33;1-48(2)25-11-14-30-34(21-25)52-35-22-26(49(3)4)12-15-31(35)41(30)32-20-24(10-13-29(32)40(51)53-41)39(50)45-18-6-5-17-44-37-23-36(42)46-38(47-37)28-8-7-9-33-27(28)16-19-43-33;2*1-3-5-4-2/h2*7-16,19-23,43H,5-6,17-18H2,1-4H3,(H,45,50)(H3,42,44,46,47);2*3-4H2,1-2H3. The topological polar surface area (TPSA) is 320 Å². The van der Waals surface area contributed by atoms with Gasteiger partial charge in [-0.2, -0.15) is 0 Å². The minimum absolute atomic E-state index is 0.235. The maximum absolute atomic E-state index is 13.7. The zero-order valence-electron chi connectivity index (χ0n) is 67.6. The lowest BCUT2D eigenvalue weighted by molar-refractivity contribution is 0.0214. The molecule has 0 atom stereocenters. The Bertz CT molecular complexity index is 5480. The molecular formula is C90H100N16O10. The van der Waals surface area contributed by atoms with Crippen LogP contribution in [0.5, 0.6) is 23.0 Å². The van der Waals surface area contributed by atoms with Gasteiger partial charge in [0.1, 0.15) is 46.3 Å². The highest BCUT2D eigenvalue weighted by Crippen LogP contribution is 2.59. The summed E-state index contributed by atoms with van der Waals surface area (Å²) in [4.78, 5) is 86.8. The molecule has 12 aromatic rings. The maximum Gasteiger partial charge on any atom is 0.340 e. The van der Waals surface area contributed by atoms with Crippen LogP contribution in [0.4, 0.5) is 46.0 Å². The van der Waals surface area contributed by atoms with Crippen LogP contribution in [0, 0.1) is 0 Å². The quantitative estimate of drug-likeness (QED) is 0.0206. The normalized spacial score (nSPS) is 13.0. The van der Waals surface area contributed by atoms with E-state index in [1.165, 1.54) is 0 Å². The first-order valence-corrected chi connectivity index (χ1v) is 39.1. The Kier molecular flexibility index (Phi) is 24.7. The van der Waals surface area contributed by atoms with Crippen molar-refractivity contribution in [1.82, 2.24) is 40.5 Å².